The van der Waals surface area contributed by atoms with Gasteiger partial charge in [-0.25, -0.2) is 4.57 Å². The monoisotopic (exact) mass is 150 g/mol. The highest BCUT2D eigenvalue weighted by atomic mass is 16.2. The highest BCUT2D eigenvalue weighted by Crippen LogP contribution is 1.99. The lowest BCUT2D eigenvalue weighted by molar-refractivity contribution is 0.0917. The molecular weight excluding hydrogens is 144 g/mol. The summed E-state index contributed by atoms with van der Waals surface area (Å²) >= 11 is 0. The molecule has 1 aliphatic rings. The van der Waals surface area contributed by atoms with Gasteiger partial charge in [0.2, 0.25) is 0 Å². The lowest BCUT2D eigenvalue weighted by atomic mass is 10.5. The lowest BCUT2D eigenvalue weighted by Gasteiger charge is -1.96. The maximum absolute atomic E-state index is 11.1. The van der Waals surface area contributed by atoms with Crippen molar-refractivity contribution >= 4 is 12.0 Å². The molecule has 0 radical (unpaired) electrons. The summed E-state index contributed by atoms with van der Waals surface area (Å²) in [5.74, 6) is 0.523. The van der Waals surface area contributed by atoms with Gasteiger partial charge in [0.05, 0.1) is 6.54 Å². The fraction of sp³-hybridized carbons (Fsp3) is 0.167. The predicted molar refractivity (Wildman–Crippen MR) is 37.7 cm³/mol. The van der Waals surface area contributed by atoms with E-state index in [1.165, 1.54) is 10.9 Å². The zero-order chi connectivity index (χ0) is 7.68. The molecule has 0 aromatic carbocycles. The summed E-state index contributed by atoms with van der Waals surface area (Å²) in [5.41, 5.74) is 0. The average molecular weight is 150 g/mol. The topological polar surface area (TPSA) is 59.8 Å². The summed E-state index contributed by atoms with van der Waals surface area (Å²) in [6.07, 6.45) is 4.80. The van der Waals surface area contributed by atoms with Gasteiger partial charge in [-0.1, -0.05) is 0 Å². The number of aromatic nitrogens is 3. The first-order chi connectivity index (χ1) is 5.38. The first kappa shape index (κ1) is 6.09. The van der Waals surface area contributed by atoms with Gasteiger partial charge in [0.15, 0.2) is 5.82 Å². The summed E-state index contributed by atoms with van der Waals surface area (Å²) in [6, 6.07) is 0. The van der Waals surface area contributed by atoms with Crippen LogP contribution in [0.4, 0.5) is 0 Å². The van der Waals surface area contributed by atoms with Crippen LogP contribution in [0, 0.1) is 0 Å². The van der Waals surface area contributed by atoms with Crippen LogP contribution in [0.3, 0.4) is 0 Å². The molecule has 0 unspecified atom stereocenters. The van der Waals surface area contributed by atoms with Gasteiger partial charge in [0, 0.05) is 6.20 Å². The number of hydrogen-bond donors (Lipinski definition) is 1. The van der Waals surface area contributed by atoms with Crippen LogP contribution in [-0.2, 0) is 0 Å². The fourth-order valence-electron chi connectivity index (χ4n) is 0.915. The van der Waals surface area contributed by atoms with Gasteiger partial charge < -0.3 is 5.32 Å². The SMILES string of the molecule is O=C1CNC=Cc2nncn21. The second-order valence-electron chi connectivity index (χ2n) is 2.17. The third kappa shape index (κ3) is 0.899. The highest BCUT2D eigenvalue weighted by molar-refractivity contribution is 5.83. The summed E-state index contributed by atoms with van der Waals surface area (Å²) in [5, 5.41) is 10.2. The van der Waals surface area contributed by atoms with Crippen molar-refractivity contribution in [3.8, 4) is 0 Å². The second kappa shape index (κ2) is 2.19. The van der Waals surface area contributed by atoms with Crippen LogP contribution in [0.5, 0.6) is 0 Å². The number of carbonyl (C=O) groups is 1. The van der Waals surface area contributed by atoms with Crippen molar-refractivity contribution < 1.29 is 4.79 Å². The van der Waals surface area contributed by atoms with Gasteiger partial charge in [-0.05, 0) is 6.08 Å². The van der Waals surface area contributed by atoms with Crippen LogP contribution >= 0.6 is 0 Å². The molecular formula is C6H6N4O. The molecule has 2 rings (SSSR count). The third-order valence-corrected chi connectivity index (χ3v) is 1.45. The second-order valence-corrected chi connectivity index (χ2v) is 2.17. The van der Waals surface area contributed by atoms with Gasteiger partial charge in [-0.3, -0.25) is 4.79 Å². The number of nitrogens with one attached hydrogen (secondary N) is 1. The lowest BCUT2D eigenvalue weighted by Crippen LogP contribution is -2.21. The molecule has 0 fully saturated rings. The summed E-state index contributed by atoms with van der Waals surface area (Å²) in [4.78, 5) is 11.1. The minimum Gasteiger partial charge on any atom is -0.382 e. The van der Waals surface area contributed by atoms with Crippen LogP contribution < -0.4 is 5.32 Å². The van der Waals surface area contributed by atoms with Crippen molar-refractivity contribution in [2.75, 3.05) is 6.54 Å². The highest BCUT2D eigenvalue weighted by Gasteiger charge is 2.10. The molecule has 1 aromatic rings. The van der Waals surface area contributed by atoms with Crippen molar-refractivity contribution in [1.29, 1.82) is 0 Å². The van der Waals surface area contributed by atoms with E-state index in [9.17, 15) is 4.79 Å². The average Bonchev–Trinajstić information content (AvgIpc) is 2.40. The molecule has 0 spiro atoms. The number of fused-ring (bicyclic) bond motifs is 1. The van der Waals surface area contributed by atoms with Crippen molar-refractivity contribution in [3.05, 3.63) is 18.4 Å². The molecule has 2 heterocycles. The fourth-order valence-corrected chi connectivity index (χ4v) is 0.915. The van der Waals surface area contributed by atoms with Crippen molar-refractivity contribution in [3.63, 3.8) is 0 Å². The number of rotatable bonds is 0. The van der Waals surface area contributed by atoms with Crippen molar-refractivity contribution in [1.82, 2.24) is 20.1 Å². The van der Waals surface area contributed by atoms with Gasteiger partial charge in [-0.2, -0.15) is 0 Å². The van der Waals surface area contributed by atoms with E-state index < -0.39 is 0 Å². The van der Waals surface area contributed by atoms with E-state index in [1.54, 1.807) is 12.3 Å². The van der Waals surface area contributed by atoms with Gasteiger partial charge in [-0.15, -0.1) is 10.2 Å². The van der Waals surface area contributed by atoms with Crippen LogP contribution in [0.2, 0.25) is 0 Å². The zero-order valence-electron chi connectivity index (χ0n) is 5.69. The molecule has 1 aromatic heterocycles. The molecule has 11 heavy (non-hydrogen) atoms. The molecule has 1 N–H and O–H groups in total. The zero-order valence-corrected chi connectivity index (χ0v) is 5.69. The number of nitrogens with zero attached hydrogens (tertiary/aromatic N) is 3. The van der Waals surface area contributed by atoms with E-state index in [1.807, 2.05) is 0 Å². The Bertz CT molecular complexity index is 314. The Morgan fingerprint density at radius 2 is 2.55 bits per heavy atom. The van der Waals surface area contributed by atoms with E-state index in [0.29, 0.717) is 12.4 Å². The van der Waals surface area contributed by atoms with Crippen LogP contribution in [0.15, 0.2) is 12.5 Å². The van der Waals surface area contributed by atoms with Gasteiger partial charge in [0.25, 0.3) is 5.91 Å². The van der Waals surface area contributed by atoms with E-state index >= 15 is 0 Å². The Kier molecular flexibility index (Phi) is 1.21. The first-order valence-electron chi connectivity index (χ1n) is 3.21. The quantitative estimate of drug-likeness (QED) is 0.541. The minimum atomic E-state index is -0.0463. The Hall–Kier alpha value is -1.65. The summed E-state index contributed by atoms with van der Waals surface area (Å²) in [7, 11) is 0. The standard InChI is InChI=1S/C6H6N4O/c11-6-3-7-2-1-5-9-8-4-10(5)6/h1-2,4,7H,3H2. The third-order valence-electron chi connectivity index (χ3n) is 1.45. The Balaban J connectivity index is 2.53. The molecule has 5 heteroatoms. The Labute approximate surface area is 62.7 Å². The molecule has 0 saturated carbocycles. The minimum absolute atomic E-state index is 0.0463. The first-order valence-corrected chi connectivity index (χ1v) is 3.21. The number of hydrogen-bond acceptors (Lipinski definition) is 4. The number of carbonyl (C=O) groups excluding carboxylic acids is 1. The molecule has 0 aliphatic carbocycles. The Morgan fingerprint density at radius 3 is 3.45 bits per heavy atom. The maximum Gasteiger partial charge on any atom is 0.252 e. The predicted octanol–water partition coefficient (Wildman–Crippen LogP) is -0.508. The van der Waals surface area contributed by atoms with Crippen LogP contribution in [-0.4, -0.2) is 27.2 Å². The van der Waals surface area contributed by atoms with E-state index in [4.69, 9.17) is 0 Å². The molecule has 0 bridgehead atoms. The maximum atomic E-state index is 11.1. The van der Waals surface area contributed by atoms with E-state index in [0.717, 1.165) is 0 Å². The molecule has 0 saturated heterocycles. The van der Waals surface area contributed by atoms with Crippen LogP contribution in [0.1, 0.15) is 10.6 Å². The van der Waals surface area contributed by atoms with Crippen molar-refractivity contribution in [2.45, 2.75) is 0 Å². The molecule has 1 aliphatic heterocycles. The molecule has 0 atom stereocenters. The largest absolute Gasteiger partial charge is 0.382 e. The molecule has 56 valence electrons. The normalized spacial score (nSPS) is 15.5. The molecule has 5 nitrogen and oxygen atoms in total. The van der Waals surface area contributed by atoms with E-state index in [-0.39, 0.29) is 5.91 Å². The Morgan fingerprint density at radius 1 is 1.64 bits per heavy atom. The van der Waals surface area contributed by atoms with E-state index in [2.05, 4.69) is 15.5 Å². The van der Waals surface area contributed by atoms with Gasteiger partial charge >= 0.3 is 0 Å². The van der Waals surface area contributed by atoms with Crippen LogP contribution in [0.25, 0.3) is 6.08 Å². The van der Waals surface area contributed by atoms with Gasteiger partial charge in [0.1, 0.15) is 6.33 Å². The summed E-state index contributed by atoms with van der Waals surface area (Å²) < 4.78 is 1.41. The molecule has 0 amide bonds. The van der Waals surface area contributed by atoms with Crippen molar-refractivity contribution in [2.24, 2.45) is 0 Å². The summed E-state index contributed by atoms with van der Waals surface area (Å²) in [6.45, 7) is 0.293. The smallest absolute Gasteiger partial charge is 0.252 e.